The number of nitrogens with one attached hydrogen (secondary N) is 1. The fraction of sp³-hybridized carbons (Fsp3) is 0.500. The van der Waals surface area contributed by atoms with E-state index < -0.39 is 0 Å². The minimum atomic E-state index is 0.281. The Morgan fingerprint density at radius 2 is 2.09 bits per heavy atom. The largest absolute Gasteiger partial charge is 0.490 e. The molecule has 0 amide bonds. The molecule has 124 valence electrons. The van der Waals surface area contributed by atoms with Gasteiger partial charge in [0.1, 0.15) is 0 Å². The summed E-state index contributed by atoms with van der Waals surface area (Å²) in [5.74, 6) is 1.73. The van der Waals surface area contributed by atoms with Gasteiger partial charge in [-0.25, -0.2) is 0 Å². The molecule has 0 bridgehead atoms. The minimum absolute atomic E-state index is 0.281. The first kappa shape index (κ1) is 15.9. The van der Waals surface area contributed by atoms with Crippen LogP contribution >= 0.6 is 0 Å². The van der Waals surface area contributed by atoms with Crippen LogP contribution in [-0.4, -0.2) is 29.0 Å². The van der Waals surface area contributed by atoms with E-state index in [1.54, 1.807) is 0 Å². The van der Waals surface area contributed by atoms with E-state index >= 15 is 0 Å². The number of para-hydroxylation sites is 1. The second-order valence-corrected chi connectivity index (χ2v) is 6.20. The van der Waals surface area contributed by atoms with Gasteiger partial charge in [0.2, 0.25) is 0 Å². The first-order chi connectivity index (χ1) is 11.1. The zero-order valence-corrected chi connectivity index (χ0v) is 14.1. The van der Waals surface area contributed by atoms with Gasteiger partial charge in [0, 0.05) is 30.8 Å². The molecule has 0 saturated carbocycles. The van der Waals surface area contributed by atoms with Crippen LogP contribution in [0.4, 0.5) is 0 Å². The molecule has 5 nitrogen and oxygen atoms in total. The van der Waals surface area contributed by atoms with Crippen molar-refractivity contribution in [1.29, 1.82) is 0 Å². The lowest BCUT2D eigenvalue weighted by molar-refractivity contribution is 0.295. The van der Waals surface area contributed by atoms with Gasteiger partial charge in [-0.05, 0) is 32.4 Å². The highest BCUT2D eigenvalue weighted by molar-refractivity contribution is 5.47. The average molecular weight is 315 g/mol. The summed E-state index contributed by atoms with van der Waals surface area (Å²) in [6, 6.07) is 6.66. The monoisotopic (exact) mass is 315 g/mol. The molecular weight excluding hydrogens is 290 g/mol. The third-order valence-corrected chi connectivity index (χ3v) is 4.34. The van der Waals surface area contributed by atoms with E-state index in [1.807, 2.05) is 23.0 Å². The summed E-state index contributed by atoms with van der Waals surface area (Å²) in [7, 11) is 0. The summed E-state index contributed by atoms with van der Waals surface area (Å²) in [5.41, 5.74) is 2.32. The lowest BCUT2D eigenvalue weighted by Gasteiger charge is -2.22. The van der Waals surface area contributed by atoms with Gasteiger partial charge in [0.15, 0.2) is 11.5 Å². The van der Waals surface area contributed by atoms with Crippen molar-refractivity contribution in [2.24, 2.45) is 0 Å². The van der Waals surface area contributed by atoms with Crippen LogP contribution in [-0.2, 0) is 6.54 Å². The number of aryl methyl sites for hydroxylation is 1. The average Bonchev–Trinajstić information content (AvgIpc) is 2.84. The number of aromatic nitrogens is 2. The highest BCUT2D eigenvalue weighted by atomic mass is 16.5. The smallest absolute Gasteiger partial charge is 0.165 e. The van der Waals surface area contributed by atoms with Crippen molar-refractivity contribution in [3.63, 3.8) is 0 Å². The molecule has 0 spiro atoms. The van der Waals surface area contributed by atoms with Gasteiger partial charge in [-0.15, -0.1) is 0 Å². The molecular formula is C18H25N3O2. The van der Waals surface area contributed by atoms with Crippen LogP contribution in [0.1, 0.15) is 37.4 Å². The van der Waals surface area contributed by atoms with E-state index in [1.165, 1.54) is 5.56 Å². The van der Waals surface area contributed by atoms with Crippen molar-refractivity contribution in [3.8, 4) is 11.5 Å². The molecule has 1 N–H and O–H groups in total. The molecule has 1 aromatic carbocycles. The maximum Gasteiger partial charge on any atom is 0.165 e. The molecule has 2 unspecified atom stereocenters. The van der Waals surface area contributed by atoms with Gasteiger partial charge >= 0.3 is 0 Å². The van der Waals surface area contributed by atoms with E-state index in [0.717, 1.165) is 36.6 Å². The molecule has 0 saturated heterocycles. The van der Waals surface area contributed by atoms with Crippen molar-refractivity contribution < 1.29 is 9.47 Å². The third-order valence-electron chi connectivity index (χ3n) is 4.34. The van der Waals surface area contributed by atoms with E-state index in [2.05, 4.69) is 43.4 Å². The normalized spacial score (nSPS) is 16.7. The molecule has 0 aliphatic carbocycles. The standard InChI is InChI=1S/C18H25N3O2/c1-13-10-20-21(12-13)15(3)14(2)19-11-16-6-4-7-17-18(16)23-9-5-8-22-17/h4,6-7,10,12,14-15,19H,5,8-9,11H2,1-3H3. The van der Waals surface area contributed by atoms with Crippen LogP contribution < -0.4 is 14.8 Å². The first-order valence-corrected chi connectivity index (χ1v) is 8.27. The molecule has 0 radical (unpaired) electrons. The maximum absolute atomic E-state index is 5.88. The van der Waals surface area contributed by atoms with Crippen molar-refractivity contribution in [2.75, 3.05) is 13.2 Å². The fourth-order valence-electron chi connectivity index (χ4n) is 2.72. The Balaban J connectivity index is 1.66. The summed E-state index contributed by atoms with van der Waals surface area (Å²) in [5, 5.41) is 7.99. The van der Waals surface area contributed by atoms with Crippen LogP contribution in [0.3, 0.4) is 0 Å². The fourth-order valence-corrected chi connectivity index (χ4v) is 2.72. The van der Waals surface area contributed by atoms with Gasteiger partial charge < -0.3 is 14.8 Å². The Hall–Kier alpha value is -2.01. The number of ether oxygens (including phenoxy) is 2. The molecule has 1 aliphatic heterocycles. The second-order valence-electron chi connectivity index (χ2n) is 6.20. The number of hydrogen-bond acceptors (Lipinski definition) is 4. The molecule has 2 atom stereocenters. The molecule has 0 fully saturated rings. The highest BCUT2D eigenvalue weighted by Crippen LogP contribution is 2.33. The number of benzene rings is 1. The van der Waals surface area contributed by atoms with Crippen molar-refractivity contribution in [3.05, 3.63) is 41.7 Å². The Kier molecular flexibility index (Phi) is 4.86. The van der Waals surface area contributed by atoms with Crippen molar-refractivity contribution >= 4 is 0 Å². The first-order valence-electron chi connectivity index (χ1n) is 8.27. The third kappa shape index (κ3) is 3.67. The lowest BCUT2D eigenvalue weighted by atomic mass is 10.1. The Bertz CT molecular complexity index is 653. The van der Waals surface area contributed by atoms with Gasteiger partial charge in [-0.2, -0.15) is 5.10 Å². The van der Waals surface area contributed by atoms with Crippen LogP contribution in [0.15, 0.2) is 30.6 Å². The predicted molar refractivity (Wildman–Crippen MR) is 90.0 cm³/mol. The summed E-state index contributed by atoms with van der Waals surface area (Å²) in [6.45, 7) is 8.59. The Morgan fingerprint density at radius 3 is 2.87 bits per heavy atom. The molecule has 3 rings (SSSR count). The SMILES string of the molecule is Cc1cnn(C(C)C(C)NCc2cccc3c2OCCCO3)c1. The number of rotatable bonds is 5. The van der Waals surface area contributed by atoms with Crippen LogP contribution in [0.2, 0.25) is 0 Å². The van der Waals surface area contributed by atoms with Gasteiger partial charge in [-0.3, -0.25) is 4.68 Å². The Labute approximate surface area is 137 Å². The maximum atomic E-state index is 5.88. The van der Waals surface area contributed by atoms with Crippen molar-refractivity contribution in [2.45, 2.75) is 45.8 Å². The number of nitrogens with zero attached hydrogens (tertiary/aromatic N) is 2. The highest BCUT2D eigenvalue weighted by Gasteiger charge is 2.17. The topological polar surface area (TPSA) is 48.3 Å². The van der Waals surface area contributed by atoms with E-state index in [-0.39, 0.29) is 12.1 Å². The summed E-state index contributed by atoms with van der Waals surface area (Å²) < 4.78 is 13.6. The molecule has 2 aromatic rings. The van der Waals surface area contributed by atoms with Crippen LogP contribution in [0.5, 0.6) is 11.5 Å². The second kappa shape index (κ2) is 7.04. The predicted octanol–water partition coefficient (Wildman–Crippen LogP) is 3.09. The summed E-state index contributed by atoms with van der Waals surface area (Å²) in [4.78, 5) is 0. The molecule has 1 aliphatic rings. The molecule has 23 heavy (non-hydrogen) atoms. The van der Waals surface area contributed by atoms with E-state index in [4.69, 9.17) is 9.47 Å². The van der Waals surface area contributed by atoms with E-state index in [9.17, 15) is 0 Å². The molecule has 1 aromatic heterocycles. The molecule has 5 heteroatoms. The van der Waals surface area contributed by atoms with Gasteiger partial charge in [0.25, 0.3) is 0 Å². The molecule has 2 heterocycles. The number of hydrogen-bond donors (Lipinski definition) is 1. The summed E-state index contributed by atoms with van der Waals surface area (Å²) >= 11 is 0. The summed E-state index contributed by atoms with van der Waals surface area (Å²) in [6.07, 6.45) is 4.90. The van der Waals surface area contributed by atoms with Gasteiger partial charge in [0.05, 0.1) is 25.5 Å². The Morgan fingerprint density at radius 1 is 1.26 bits per heavy atom. The minimum Gasteiger partial charge on any atom is -0.490 e. The van der Waals surface area contributed by atoms with E-state index in [0.29, 0.717) is 6.61 Å². The van der Waals surface area contributed by atoms with Crippen LogP contribution in [0, 0.1) is 6.92 Å². The quantitative estimate of drug-likeness (QED) is 0.921. The zero-order valence-electron chi connectivity index (χ0n) is 14.1. The number of fused-ring (bicyclic) bond motifs is 1. The van der Waals surface area contributed by atoms with Gasteiger partial charge in [-0.1, -0.05) is 12.1 Å². The van der Waals surface area contributed by atoms with Crippen LogP contribution in [0.25, 0.3) is 0 Å². The van der Waals surface area contributed by atoms with Crippen molar-refractivity contribution in [1.82, 2.24) is 15.1 Å². The lowest BCUT2D eigenvalue weighted by Crippen LogP contribution is -2.33. The zero-order chi connectivity index (χ0) is 16.2.